The summed E-state index contributed by atoms with van der Waals surface area (Å²) in [5.74, 6) is -3.43. The van der Waals surface area contributed by atoms with E-state index in [9.17, 15) is 17.2 Å². The number of benzene rings is 1. The Balaban J connectivity index is 3.08. The molecule has 0 spiro atoms. The molecule has 1 atom stereocenters. The Kier molecular flexibility index (Phi) is 4.41. The fourth-order valence-electron chi connectivity index (χ4n) is 1.23. The zero-order valence-corrected chi connectivity index (χ0v) is 10.0. The Hall–Kier alpha value is -1.21. The smallest absolute Gasteiger partial charge is 0.341 e. The fourth-order valence-corrected chi connectivity index (χ4v) is 2.13. The van der Waals surface area contributed by atoms with Crippen LogP contribution >= 0.6 is 0 Å². The van der Waals surface area contributed by atoms with E-state index in [-0.39, 0.29) is 11.7 Å². The molecule has 0 fully saturated rings. The lowest BCUT2D eigenvalue weighted by Crippen LogP contribution is -2.26. The van der Waals surface area contributed by atoms with E-state index in [2.05, 4.69) is 5.32 Å². The number of sulfone groups is 1. The molecule has 0 aliphatic carbocycles. The summed E-state index contributed by atoms with van der Waals surface area (Å²) in [6, 6.07) is 5.32. The van der Waals surface area contributed by atoms with Gasteiger partial charge in [0.2, 0.25) is 9.84 Å². The van der Waals surface area contributed by atoms with Crippen molar-refractivity contribution >= 4 is 15.5 Å². The molecule has 0 aliphatic rings. The Bertz CT molecular complexity index is 475. The van der Waals surface area contributed by atoms with Crippen molar-refractivity contribution in [2.75, 3.05) is 11.9 Å². The van der Waals surface area contributed by atoms with Crippen LogP contribution in [0.1, 0.15) is 6.92 Å². The predicted molar refractivity (Wildman–Crippen MR) is 61.8 cm³/mol. The van der Waals surface area contributed by atoms with Crippen LogP contribution in [0, 0.1) is 0 Å². The van der Waals surface area contributed by atoms with Crippen molar-refractivity contribution in [2.45, 2.75) is 23.6 Å². The van der Waals surface area contributed by atoms with Gasteiger partial charge in [0, 0.05) is 12.6 Å². The Labute approximate surface area is 98.7 Å². The Morgan fingerprint density at radius 1 is 1.35 bits per heavy atom. The van der Waals surface area contributed by atoms with Crippen LogP contribution in [-0.2, 0) is 9.84 Å². The molecule has 0 radical (unpaired) electrons. The molecule has 96 valence electrons. The van der Waals surface area contributed by atoms with Gasteiger partial charge in [-0.25, -0.2) is 8.42 Å². The third-order valence-electron chi connectivity index (χ3n) is 2.04. The molecule has 4 nitrogen and oxygen atoms in total. The molecule has 0 aliphatic heterocycles. The normalized spacial score (nSPS) is 13.7. The molecule has 7 heteroatoms. The van der Waals surface area contributed by atoms with E-state index in [1.165, 1.54) is 12.1 Å². The standard InChI is InChI=1S/C10H14F2N2O2S/c1-7(13)6-14-8-4-2-3-5-9(8)17(15,16)10(11)12/h2-5,7,10,14H,6,13H2,1H3. The molecule has 1 unspecified atom stereocenters. The minimum Gasteiger partial charge on any atom is -0.382 e. The number of rotatable bonds is 5. The van der Waals surface area contributed by atoms with E-state index in [0.29, 0.717) is 6.54 Å². The van der Waals surface area contributed by atoms with Gasteiger partial charge in [-0.1, -0.05) is 12.1 Å². The van der Waals surface area contributed by atoms with Gasteiger partial charge in [-0.3, -0.25) is 0 Å². The summed E-state index contributed by atoms with van der Waals surface area (Å²) in [5.41, 5.74) is 5.64. The van der Waals surface area contributed by atoms with Gasteiger partial charge >= 0.3 is 5.76 Å². The minimum absolute atomic E-state index is 0.144. The van der Waals surface area contributed by atoms with E-state index < -0.39 is 20.5 Å². The molecular formula is C10H14F2N2O2S. The molecule has 0 heterocycles. The zero-order valence-electron chi connectivity index (χ0n) is 9.23. The third kappa shape index (κ3) is 3.37. The van der Waals surface area contributed by atoms with Crippen molar-refractivity contribution in [3.05, 3.63) is 24.3 Å². The van der Waals surface area contributed by atoms with Crippen molar-refractivity contribution < 1.29 is 17.2 Å². The van der Waals surface area contributed by atoms with Crippen LogP contribution in [0.15, 0.2) is 29.2 Å². The zero-order chi connectivity index (χ0) is 13.1. The molecule has 0 saturated carbocycles. The number of para-hydroxylation sites is 1. The van der Waals surface area contributed by atoms with Crippen LogP contribution in [0.2, 0.25) is 0 Å². The summed E-state index contributed by atoms with van der Waals surface area (Å²) in [7, 11) is -4.59. The molecule has 1 aromatic rings. The van der Waals surface area contributed by atoms with E-state index in [1.54, 1.807) is 13.0 Å². The van der Waals surface area contributed by atoms with Crippen molar-refractivity contribution in [1.82, 2.24) is 0 Å². The van der Waals surface area contributed by atoms with E-state index in [0.717, 1.165) is 6.07 Å². The molecule has 0 amide bonds. The first kappa shape index (κ1) is 13.9. The molecule has 0 bridgehead atoms. The van der Waals surface area contributed by atoms with Gasteiger partial charge in [-0.2, -0.15) is 8.78 Å². The lowest BCUT2D eigenvalue weighted by atomic mass is 10.3. The molecule has 0 aromatic heterocycles. The highest BCUT2D eigenvalue weighted by Crippen LogP contribution is 2.25. The quantitative estimate of drug-likeness (QED) is 0.844. The van der Waals surface area contributed by atoms with Crippen molar-refractivity contribution in [3.63, 3.8) is 0 Å². The first-order chi connectivity index (χ1) is 7.85. The summed E-state index contributed by atoms with van der Waals surface area (Å²) in [5, 5.41) is 2.74. The Morgan fingerprint density at radius 3 is 2.47 bits per heavy atom. The van der Waals surface area contributed by atoms with Gasteiger partial charge in [0.05, 0.1) is 10.6 Å². The number of nitrogens with two attached hydrogens (primary N) is 1. The SMILES string of the molecule is CC(N)CNc1ccccc1S(=O)(=O)C(F)F. The monoisotopic (exact) mass is 264 g/mol. The van der Waals surface area contributed by atoms with Crippen LogP contribution < -0.4 is 11.1 Å². The van der Waals surface area contributed by atoms with Crippen molar-refractivity contribution in [2.24, 2.45) is 5.73 Å². The molecule has 17 heavy (non-hydrogen) atoms. The van der Waals surface area contributed by atoms with Crippen LogP contribution in [0.4, 0.5) is 14.5 Å². The van der Waals surface area contributed by atoms with Crippen LogP contribution in [0.25, 0.3) is 0 Å². The average Bonchev–Trinajstić information content (AvgIpc) is 2.26. The summed E-state index contributed by atoms with van der Waals surface area (Å²) in [6.45, 7) is 2.02. The van der Waals surface area contributed by atoms with Gasteiger partial charge in [-0.05, 0) is 19.1 Å². The van der Waals surface area contributed by atoms with Gasteiger partial charge < -0.3 is 11.1 Å². The lowest BCUT2D eigenvalue weighted by molar-refractivity contribution is 0.235. The number of hydrogen-bond acceptors (Lipinski definition) is 4. The number of hydrogen-bond donors (Lipinski definition) is 2. The van der Waals surface area contributed by atoms with Gasteiger partial charge in [-0.15, -0.1) is 0 Å². The first-order valence-corrected chi connectivity index (χ1v) is 6.51. The number of halogens is 2. The van der Waals surface area contributed by atoms with Gasteiger partial charge in [0.15, 0.2) is 0 Å². The first-order valence-electron chi connectivity index (χ1n) is 4.96. The maximum atomic E-state index is 12.4. The van der Waals surface area contributed by atoms with Crippen LogP contribution in [0.3, 0.4) is 0 Å². The molecule has 1 aromatic carbocycles. The summed E-state index contributed by atoms with van der Waals surface area (Å²) < 4.78 is 47.6. The minimum atomic E-state index is -4.59. The molecule has 1 rings (SSSR count). The number of nitrogens with one attached hydrogen (secondary N) is 1. The molecular weight excluding hydrogens is 250 g/mol. The topological polar surface area (TPSA) is 72.2 Å². The highest BCUT2D eigenvalue weighted by Gasteiger charge is 2.28. The predicted octanol–water partition coefficient (Wildman–Crippen LogP) is 1.44. The van der Waals surface area contributed by atoms with E-state index in [1.807, 2.05) is 0 Å². The fraction of sp³-hybridized carbons (Fsp3) is 0.400. The summed E-state index contributed by atoms with van der Waals surface area (Å²) in [4.78, 5) is -0.407. The largest absolute Gasteiger partial charge is 0.382 e. The third-order valence-corrected chi connectivity index (χ3v) is 3.48. The number of anilines is 1. The van der Waals surface area contributed by atoms with E-state index >= 15 is 0 Å². The van der Waals surface area contributed by atoms with Crippen molar-refractivity contribution in [3.8, 4) is 0 Å². The highest BCUT2D eigenvalue weighted by molar-refractivity contribution is 7.91. The number of alkyl halides is 2. The lowest BCUT2D eigenvalue weighted by Gasteiger charge is -2.13. The van der Waals surface area contributed by atoms with Crippen molar-refractivity contribution in [1.29, 1.82) is 0 Å². The Morgan fingerprint density at radius 2 is 1.94 bits per heavy atom. The maximum absolute atomic E-state index is 12.4. The molecule has 0 saturated heterocycles. The second kappa shape index (κ2) is 5.42. The average molecular weight is 264 g/mol. The highest BCUT2D eigenvalue weighted by atomic mass is 32.2. The van der Waals surface area contributed by atoms with Gasteiger partial charge in [0.1, 0.15) is 0 Å². The van der Waals surface area contributed by atoms with E-state index in [4.69, 9.17) is 5.73 Å². The second-order valence-corrected chi connectivity index (χ2v) is 5.55. The van der Waals surface area contributed by atoms with Crippen LogP contribution in [0.5, 0.6) is 0 Å². The molecule has 3 N–H and O–H groups in total. The van der Waals surface area contributed by atoms with Gasteiger partial charge in [0.25, 0.3) is 0 Å². The summed E-state index contributed by atoms with van der Waals surface area (Å²) >= 11 is 0. The van der Waals surface area contributed by atoms with Crippen LogP contribution in [-0.4, -0.2) is 26.8 Å². The second-order valence-electron chi connectivity index (χ2n) is 3.66. The summed E-state index contributed by atoms with van der Waals surface area (Å²) in [6.07, 6.45) is 0. The maximum Gasteiger partial charge on any atom is 0.341 e.